The highest BCUT2D eigenvalue weighted by atomic mass is 32.2. The van der Waals surface area contributed by atoms with Crippen LogP contribution in [0.1, 0.15) is 72.1 Å². The van der Waals surface area contributed by atoms with E-state index in [9.17, 15) is 8.42 Å². The summed E-state index contributed by atoms with van der Waals surface area (Å²) in [5.41, 5.74) is 0.339. The fourth-order valence-corrected chi connectivity index (χ4v) is 2.67. The Morgan fingerprint density at radius 3 is 2.06 bits per heavy atom. The molecule has 0 heterocycles. The lowest BCUT2D eigenvalue weighted by molar-refractivity contribution is 0.287. The average molecular weight is 277 g/mol. The highest BCUT2D eigenvalue weighted by Crippen LogP contribution is 2.29. The Bertz CT molecular complexity index is 297. The molecular formula is C14H31NO2S. The molecule has 0 aliphatic carbocycles. The molecule has 0 atom stereocenters. The molecule has 0 saturated heterocycles. The van der Waals surface area contributed by atoms with Crippen molar-refractivity contribution >= 4 is 10.0 Å². The van der Waals surface area contributed by atoms with Gasteiger partial charge in [-0.25, -0.2) is 13.1 Å². The average Bonchev–Trinajstić information content (AvgIpc) is 2.23. The highest BCUT2D eigenvalue weighted by Gasteiger charge is 2.16. The maximum atomic E-state index is 10.9. The lowest BCUT2D eigenvalue weighted by atomic mass is 9.82. The minimum absolute atomic E-state index is 0.339. The van der Waals surface area contributed by atoms with E-state index >= 15 is 0 Å². The number of hydrogen-bond acceptors (Lipinski definition) is 2. The zero-order chi connectivity index (χ0) is 14.1. The van der Waals surface area contributed by atoms with Crippen molar-refractivity contribution in [3.63, 3.8) is 0 Å². The fraction of sp³-hybridized carbons (Fsp3) is 1.00. The van der Waals surface area contributed by atoms with Gasteiger partial charge >= 0.3 is 0 Å². The molecule has 0 aromatic heterocycles. The van der Waals surface area contributed by atoms with Crippen LogP contribution >= 0.6 is 0 Å². The summed E-state index contributed by atoms with van der Waals surface area (Å²) in [6.07, 6.45) is 11.1. The number of nitrogens with one attached hydrogen (secondary N) is 1. The van der Waals surface area contributed by atoms with Crippen molar-refractivity contribution in [2.75, 3.05) is 12.8 Å². The summed E-state index contributed by atoms with van der Waals surface area (Å²) in [6.45, 7) is 7.37. The van der Waals surface area contributed by atoms with Crippen LogP contribution in [0.15, 0.2) is 0 Å². The van der Waals surface area contributed by atoms with E-state index < -0.39 is 10.0 Å². The van der Waals surface area contributed by atoms with Crippen molar-refractivity contribution in [2.45, 2.75) is 72.1 Å². The molecule has 0 fully saturated rings. The van der Waals surface area contributed by atoms with Crippen LogP contribution in [0.4, 0.5) is 0 Å². The molecular weight excluding hydrogens is 246 g/mol. The highest BCUT2D eigenvalue weighted by molar-refractivity contribution is 7.88. The minimum atomic E-state index is -3.02. The van der Waals surface area contributed by atoms with Crippen molar-refractivity contribution in [3.8, 4) is 0 Å². The van der Waals surface area contributed by atoms with Gasteiger partial charge in [0, 0.05) is 6.54 Å². The number of hydrogen-bond donors (Lipinski definition) is 1. The van der Waals surface area contributed by atoms with Crippen LogP contribution in [0.5, 0.6) is 0 Å². The van der Waals surface area contributed by atoms with Gasteiger partial charge in [0.2, 0.25) is 10.0 Å². The second-order valence-electron chi connectivity index (χ2n) is 6.10. The van der Waals surface area contributed by atoms with E-state index in [1.54, 1.807) is 0 Å². The van der Waals surface area contributed by atoms with E-state index in [0.717, 1.165) is 12.8 Å². The summed E-state index contributed by atoms with van der Waals surface area (Å²) in [5.74, 6) is 0. The van der Waals surface area contributed by atoms with Gasteiger partial charge in [-0.3, -0.25) is 0 Å². The Balaban J connectivity index is 3.60. The normalized spacial score (nSPS) is 12.9. The van der Waals surface area contributed by atoms with Gasteiger partial charge in [-0.15, -0.1) is 0 Å². The van der Waals surface area contributed by atoms with Gasteiger partial charge in [-0.05, 0) is 24.7 Å². The van der Waals surface area contributed by atoms with Gasteiger partial charge in [-0.1, -0.05) is 52.9 Å². The third-order valence-corrected chi connectivity index (χ3v) is 4.08. The lowest BCUT2D eigenvalue weighted by Gasteiger charge is -2.24. The molecule has 0 aromatic rings. The topological polar surface area (TPSA) is 46.2 Å². The third-order valence-electron chi connectivity index (χ3n) is 3.35. The lowest BCUT2D eigenvalue weighted by Crippen LogP contribution is -2.24. The van der Waals surface area contributed by atoms with Gasteiger partial charge in [0.15, 0.2) is 0 Å². The zero-order valence-electron chi connectivity index (χ0n) is 12.6. The maximum Gasteiger partial charge on any atom is 0.208 e. The second-order valence-corrected chi connectivity index (χ2v) is 7.93. The standard InChI is InChI=1S/C14H31NO2S/c1-5-6-7-8-9-11-14(2,3)12-10-13-15-18(4,16)17/h15H,5-13H2,1-4H3. The molecule has 0 aliphatic rings. The molecule has 0 aliphatic heterocycles. The maximum absolute atomic E-state index is 10.9. The van der Waals surface area contributed by atoms with Crippen LogP contribution in [0, 0.1) is 5.41 Å². The molecule has 0 amide bonds. The van der Waals surface area contributed by atoms with Gasteiger partial charge < -0.3 is 0 Å². The first-order valence-electron chi connectivity index (χ1n) is 7.21. The molecule has 110 valence electrons. The zero-order valence-corrected chi connectivity index (χ0v) is 13.4. The van der Waals surface area contributed by atoms with Crippen LogP contribution in [0.25, 0.3) is 0 Å². The number of unbranched alkanes of at least 4 members (excludes halogenated alkanes) is 4. The van der Waals surface area contributed by atoms with Gasteiger partial charge in [0.05, 0.1) is 6.26 Å². The molecule has 4 heteroatoms. The minimum Gasteiger partial charge on any atom is -0.215 e. The molecule has 0 radical (unpaired) electrons. The molecule has 0 spiro atoms. The Kier molecular flexibility index (Phi) is 8.87. The van der Waals surface area contributed by atoms with E-state index in [1.807, 2.05) is 0 Å². The van der Waals surface area contributed by atoms with Gasteiger partial charge in [0.25, 0.3) is 0 Å². The number of rotatable bonds is 11. The summed E-state index contributed by atoms with van der Waals surface area (Å²) in [5, 5.41) is 0. The molecule has 3 nitrogen and oxygen atoms in total. The summed E-state index contributed by atoms with van der Waals surface area (Å²) in [7, 11) is -3.02. The molecule has 0 aromatic carbocycles. The van der Waals surface area contributed by atoms with Crippen LogP contribution in [-0.4, -0.2) is 21.2 Å². The van der Waals surface area contributed by atoms with Crippen LogP contribution in [0.2, 0.25) is 0 Å². The van der Waals surface area contributed by atoms with Crippen molar-refractivity contribution in [1.82, 2.24) is 4.72 Å². The van der Waals surface area contributed by atoms with E-state index in [-0.39, 0.29) is 0 Å². The Hall–Kier alpha value is -0.0900. The van der Waals surface area contributed by atoms with Crippen LogP contribution in [-0.2, 0) is 10.0 Å². The van der Waals surface area contributed by atoms with Crippen molar-refractivity contribution in [1.29, 1.82) is 0 Å². The largest absolute Gasteiger partial charge is 0.215 e. The molecule has 0 bridgehead atoms. The molecule has 18 heavy (non-hydrogen) atoms. The SMILES string of the molecule is CCCCCCCC(C)(C)CCCNS(C)(=O)=O. The first kappa shape index (κ1) is 17.9. The number of sulfonamides is 1. The Labute approximate surface area is 114 Å². The summed E-state index contributed by atoms with van der Waals surface area (Å²) < 4.78 is 24.4. The van der Waals surface area contributed by atoms with E-state index in [0.29, 0.717) is 12.0 Å². The summed E-state index contributed by atoms with van der Waals surface area (Å²) in [6, 6.07) is 0. The molecule has 0 unspecified atom stereocenters. The molecule has 1 N–H and O–H groups in total. The van der Waals surface area contributed by atoms with E-state index in [4.69, 9.17) is 0 Å². The third kappa shape index (κ3) is 12.4. The second kappa shape index (κ2) is 8.92. The Morgan fingerprint density at radius 2 is 1.50 bits per heavy atom. The van der Waals surface area contributed by atoms with Gasteiger partial charge in [0.1, 0.15) is 0 Å². The Morgan fingerprint density at radius 1 is 0.944 bits per heavy atom. The molecule has 0 rings (SSSR count). The van der Waals surface area contributed by atoms with Crippen molar-refractivity contribution in [2.24, 2.45) is 5.41 Å². The van der Waals surface area contributed by atoms with E-state index in [1.165, 1.54) is 44.8 Å². The first-order valence-corrected chi connectivity index (χ1v) is 9.10. The van der Waals surface area contributed by atoms with Crippen LogP contribution < -0.4 is 4.72 Å². The van der Waals surface area contributed by atoms with Crippen LogP contribution in [0.3, 0.4) is 0 Å². The fourth-order valence-electron chi connectivity index (χ4n) is 2.16. The summed E-state index contributed by atoms with van der Waals surface area (Å²) in [4.78, 5) is 0. The smallest absolute Gasteiger partial charge is 0.208 e. The van der Waals surface area contributed by atoms with Gasteiger partial charge in [-0.2, -0.15) is 0 Å². The van der Waals surface area contributed by atoms with Crippen molar-refractivity contribution < 1.29 is 8.42 Å². The van der Waals surface area contributed by atoms with Crippen molar-refractivity contribution in [3.05, 3.63) is 0 Å². The predicted octanol–water partition coefficient (Wildman–Crippen LogP) is 3.70. The predicted molar refractivity (Wildman–Crippen MR) is 79.2 cm³/mol. The quantitative estimate of drug-likeness (QED) is 0.585. The van der Waals surface area contributed by atoms with E-state index in [2.05, 4.69) is 25.5 Å². The summed E-state index contributed by atoms with van der Waals surface area (Å²) >= 11 is 0. The first-order chi connectivity index (χ1) is 8.27. The monoisotopic (exact) mass is 277 g/mol. The molecule has 0 saturated carbocycles.